The lowest BCUT2D eigenvalue weighted by molar-refractivity contribution is -0.385. The van der Waals surface area contributed by atoms with E-state index in [-0.39, 0.29) is 48.1 Å². The van der Waals surface area contributed by atoms with Crippen LogP contribution in [0.15, 0.2) is 42.5 Å². The molecule has 9 nitrogen and oxygen atoms in total. The lowest BCUT2D eigenvalue weighted by Gasteiger charge is -2.31. The van der Waals surface area contributed by atoms with E-state index < -0.39 is 11.0 Å². The van der Waals surface area contributed by atoms with Gasteiger partial charge in [0.05, 0.1) is 12.0 Å². The van der Waals surface area contributed by atoms with Gasteiger partial charge in [0.25, 0.3) is 5.91 Å². The van der Waals surface area contributed by atoms with Crippen molar-refractivity contribution in [2.45, 2.75) is 46.7 Å². The number of aryl methyl sites for hydroxylation is 1. The first-order valence-electron chi connectivity index (χ1n) is 11.2. The van der Waals surface area contributed by atoms with Gasteiger partial charge in [-0.2, -0.15) is 0 Å². The molecule has 2 aromatic rings. The number of carbonyl (C=O) groups is 2. The number of ether oxygens (including phenoxy) is 2. The monoisotopic (exact) mass is 471 g/mol. The molecule has 0 aliphatic heterocycles. The molecule has 0 heterocycles. The summed E-state index contributed by atoms with van der Waals surface area (Å²) in [6, 6.07) is 11.1. The highest BCUT2D eigenvalue weighted by Gasteiger charge is 2.29. The van der Waals surface area contributed by atoms with Gasteiger partial charge >= 0.3 is 5.69 Å². The maximum absolute atomic E-state index is 13.2. The van der Waals surface area contributed by atoms with Crippen molar-refractivity contribution in [3.05, 3.63) is 63.7 Å². The van der Waals surface area contributed by atoms with Gasteiger partial charge in [-0.1, -0.05) is 50.6 Å². The minimum atomic E-state index is -0.664. The second-order valence-electron chi connectivity index (χ2n) is 8.45. The van der Waals surface area contributed by atoms with Crippen molar-refractivity contribution >= 4 is 17.5 Å². The van der Waals surface area contributed by atoms with Crippen LogP contribution in [0.5, 0.6) is 11.5 Å². The molecule has 0 aliphatic rings. The van der Waals surface area contributed by atoms with Crippen LogP contribution in [0.4, 0.5) is 5.69 Å². The predicted octanol–water partition coefficient (Wildman–Crippen LogP) is 3.87. The van der Waals surface area contributed by atoms with Gasteiger partial charge in [0.1, 0.15) is 11.8 Å². The number of methoxy groups -OCH3 is 1. The van der Waals surface area contributed by atoms with Crippen molar-refractivity contribution in [1.82, 2.24) is 10.2 Å². The van der Waals surface area contributed by atoms with Gasteiger partial charge in [-0.15, -0.1) is 0 Å². The maximum Gasteiger partial charge on any atom is 0.311 e. The Morgan fingerprint density at radius 1 is 1.15 bits per heavy atom. The number of hydrogen-bond acceptors (Lipinski definition) is 6. The highest BCUT2D eigenvalue weighted by atomic mass is 16.6. The summed E-state index contributed by atoms with van der Waals surface area (Å²) in [6.45, 7) is 8.28. The first kappa shape index (κ1) is 26.6. The van der Waals surface area contributed by atoms with Crippen LogP contribution < -0.4 is 14.8 Å². The third kappa shape index (κ3) is 7.47. The van der Waals surface area contributed by atoms with Gasteiger partial charge in [-0.25, -0.2) is 0 Å². The Morgan fingerprint density at radius 2 is 1.82 bits per heavy atom. The quantitative estimate of drug-likeness (QED) is 0.372. The van der Waals surface area contributed by atoms with Crippen molar-refractivity contribution in [2.75, 3.05) is 20.3 Å². The van der Waals surface area contributed by atoms with Crippen LogP contribution >= 0.6 is 0 Å². The zero-order chi connectivity index (χ0) is 25.3. The van der Waals surface area contributed by atoms with Crippen molar-refractivity contribution < 1.29 is 24.0 Å². The van der Waals surface area contributed by atoms with E-state index in [1.165, 1.54) is 30.2 Å². The summed E-state index contributed by atoms with van der Waals surface area (Å²) in [5, 5.41) is 14.0. The molecule has 0 saturated carbocycles. The summed E-state index contributed by atoms with van der Waals surface area (Å²) in [5.41, 5.74) is 1.79. The summed E-state index contributed by atoms with van der Waals surface area (Å²) >= 11 is 0. The molecule has 2 aromatic carbocycles. The fourth-order valence-electron chi connectivity index (χ4n) is 3.36. The van der Waals surface area contributed by atoms with Crippen LogP contribution in [0.25, 0.3) is 0 Å². The van der Waals surface area contributed by atoms with Crippen molar-refractivity contribution in [3.8, 4) is 11.5 Å². The van der Waals surface area contributed by atoms with Gasteiger partial charge in [0, 0.05) is 25.2 Å². The molecule has 184 valence electrons. The number of amides is 2. The number of rotatable bonds is 12. The highest BCUT2D eigenvalue weighted by molar-refractivity contribution is 5.88. The molecule has 9 heteroatoms. The molecule has 0 aromatic heterocycles. The fraction of sp³-hybridized carbons (Fsp3) is 0.440. The topological polar surface area (TPSA) is 111 Å². The minimum absolute atomic E-state index is 0.0333. The Hall–Kier alpha value is -3.62. The number of nitrogens with zero attached hydrogens (tertiary/aromatic N) is 2. The third-order valence-corrected chi connectivity index (χ3v) is 5.25. The number of nitro benzene ring substituents is 1. The van der Waals surface area contributed by atoms with E-state index in [0.29, 0.717) is 13.0 Å². The van der Waals surface area contributed by atoms with E-state index in [1.54, 1.807) is 0 Å². The lowest BCUT2D eigenvalue weighted by atomic mass is 10.1. The summed E-state index contributed by atoms with van der Waals surface area (Å²) < 4.78 is 10.7. The standard InChI is InChI=1S/C25H33N3O6/c1-6-21(25(30)26-14-17(2)3)27(15-19-9-7-18(4)8-10-19)24(29)16-34-20-11-12-22(28(31)32)23(13-20)33-5/h7-13,17,21H,6,14-16H2,1-5H3,(H,26,30)/t21-/m1/s1. The number of nitrogens with one attached hydrogen (secondary N) is 1. The first-order valence-corrected chi connectivity index (χ1v) is 11.2. The van der Waals surface area contributed by atoms with Gasteiger partial charge in [-0.3, -0.25) is 19.7 Å². The van der Waals surface area contributed by atoms with E-state index in [0.717, 1.165) is 11.1 Å². The summed E-state index contributed by atoms with van der Waals surface area (Å²) in [5.74, 6) is -0.0179. The number of hydrogen-bond donors (Lipinski definition) is 1. The zero-order valence-electron chi connectivity index (χ0n) is 20.4. The molecule has 1 N–H and O–H groups in total. The maximum atomic E-state index is 13.2. The van der Waals surface area contributed by atoms with Crippen LogP contribution in [0.2, 0.25) is 0 Å². The van der Waals surface area contributed by atoms with Gasteiger partial charge in [-0.05, 0) is 30.9 Å². The summed E-state index contributed by atoms with van der Waals surface area (Å²) in [7, 11) is 1.32. The SMILES string of the molecule is CC[C@H](C(=O)NCC(C)C)N(Cc1ccc(C)cc1)C(=O)COc1ccc([N+](=O)[O-])c(OC)c1. The lowest BCUT2D eigenvalue weighted by Crippen LogP contribution is -2.50. The Morgan fingerprint density at radius 3 is 2.38 bits per heavy atom. The smallest absolute Gasteiger partial charge is 0.311 e. The van der Waals surface area contributed by atoms with Gasteiger partial charge in [0.2, 0.25) is 11.7 Å². The molecular formula is C25H33N3O6. The largest absolute Gasteiger partial charge is 0.490 e. The van der Waals surface area contributed by atoms with Crippen LogP contribution in [-0.4, -0.2) is 47.9 Å². The normalized spacial score (nSPS) is 11.6. The van der Waals surface area contributed by atoms with Crippen LogP contribution in [0, 0.1) is 23.0 Å². The average molecular weight is 472 g/mol. The minimum Gasteiger partial charge on any atom is -0.490 e. The fourth-order valence-corrected chi connectivity index (χ4v) is 3.36. The van der Waals surface area contributed by atoms with Gasteiger partial charge in [0.15, 0.2) is 6.61 Å². The number of carbonyl (C=O) groups excluding carboxylic acids is 2. The molecule has 2 rings (SSSR count). The second kappa shape index (κ2) is 12.6. The van der Waals surface area contributed by atoms with E-state index in [9.17, 15) is 19.7 Å². The molecule has 34 heavy (non-hydrogen) atoms. The van der Waals surface area contributed by atoms with Crippen molar-refractivity contribution in [3.63, 3.8) is 0 Å². The molecule has 1 atom stereocenters. The molecule has 0 radical (unpaired) electrons. The van der Waals surface area contributed by atoms with Crippen LogP contribution in [0.3, 0.4) is 0 Å². The molecule has 2 amide bonds. The number of nitro groups is 1. The number of benzene rings is 2. The molecule has 0 saturated heterocycles. The Bertz CT molecular complexity index is 991. The Balaban J connectivity index is 2.22. The van der Waals surface area contributed by atoms with E-state index in [1.807, 2.05) is 52.0 Å². The van der Waals surface area contributed by atoms with Gasteiger partial charge < -0.3 is 19.7 Å². The van der Waals surface area contributed by atoms with Crippen molar-refractivity contribution in [2.24, 2.45) is 5.92 Å². The predicted molar refractivity (Wildman–Crippen MR) is 129 cm³/mol. The third-order valence-electron chi connectivity index (χ3n) is 5.25. The zero-order valence-corrected chi connectivity index (χ0v) is 20.4. The molecular weight excluding hydrogens is 438 g/mol. The van der Waals surface area contributed by atoms with E-state index in [4.69, 9.17) is 9.47 Å². The molecule has 0 spiro atoms. The first-order chi connectivity index (χ1) is 16.2. The summed E-state index contributed by atoms with van der Waals surface area (Å²) in [6.07, 6.45) is 0.437. The van der Waals surface area contributed by atoms with Crippen LogP contribution in [0.1, 0.15) is 38.3 Å². The summed E-state index contributed by atoms with van der Waals surface area (Å²) in [4.78, 5) is 38.2. The van der Waals surface area contributed by atoms with Crippen molar-refractivity contribution in [1.29, 1.82) is 0 Å². The van der Waals surface area contributed by atoms with E-state index >= 15 is 0 Å². The Kier molecular flexibility index (Phi) is 9.85. The Labute approximate surface area is 200 Å². The average Bonchev–Trinajstić information content (AvgIpc) is 2.81. The molecule has 0 unspecified atom stereocenters. The van der Waals surface area contributed by atoms with Crippen LogP contribution in [-0.2, 0) is 16.1 Å². The molecule has 0 fully saturated rings. The highest BCUT2D eigenvalue weighted by Crippen LogP contribution is 2.30. The molecule has 0 aliphatic carbocycles. The molecule has 0 bridgehead atoms. The van der Waals surface area contributed by atoms with E-state index in [2.05, 4.69) is 5.32 Å². The second-order valence-corrected chi connectivity index (χ2v) is 8.45.